The van der Waals surface area contributed by atoms with Crippen LogP contribution in [0.25, 0.3) is 5.00 Å². The maximum absolute atomic E-state index is 13.8. The first-order valence-electron chi connectivity index (χ1n) is 13.7. The molecule has 5 rings (SSSR count). The second-order valence-corrected chi connectivity index (χ2v) is 11.8. The minimum atomic E-state index is -0.522. The molecule has 4 heterocycles. The molecule has 3 amide bonds. The van der Waals surface area contributed by atoms with E-state index in [9.17, 15) is 14.4 Å². The van der Waals surface area contributed by atoms with Crippen molar-refractivity contribution in [3.8, 4) is 10.8 Å². The first kappa shape index (κ1) is 27.0. The molecule has 1 aromatic carbocycles. The molecule has 1 saturated heterocycles. The lowest BCUT2D eigenvalue weighted by molar-refractivity contribution is -0.144. The first-order valence-corrected chi connectivity index (χ1v) is 14.5. The van der Waals surface area contributed by atoms with E-state index in [1.54, 1.807) is 28.4 Å². The summed E-state index contributed by atoms with van der Waals surface area (Å²) in [6.45, 7) is 4.37. The lowest BCUT2D eigenvalue weighted by atomic mass is 9.73. The molecule has 1 fully saturated rings. The minimum Gasteiger partial charge on any atom is -0.491 e. The van der Waals surface area contributed by atoms with Crippen LogP contribution in [0.1, 0.15) is 57.7 Å². The number of benzene rings is 1. The highest BCUT2D eigenvalue weighted by atomic mass is 32.1. The fraction of sp³-hybridized carbons (Fsp3) is 0.433. The van der Waals surface area contributed by atoms with E-state index in [0.717, 1.165) is 29.1 Å². The van der Waals surface area contributed by atoms with E-state index < -0.39 is 5.41 Å². The molecule has 3 aromatic rings. The van der Waals surface area contributed by atoms with Gasteiger partial charge in [0.15, 0.2) is 0 Å². The second kappa shape index (κ2) is 11.7. The van der Waals surface area contributed by atoms with E-state index >= 15 is 0 Å². The van der Waals surface area contributed by atoms with Crippen molar-refractivity contribution in [3.05, 3.63) is 70.9 Å². The zero-order valence-corrected chi connectivity index (χ0v) is 23.5. The Morgan fingerprint density at radius 2 is 1.74 bits per heavy atom. The van der Waals surface area contributed by atoms with Crippen LogP contribution in [0.3, 0.4) is 0 Å². The molecule has 0 saturated carbocycles. The Labute approximate surface area is 233 Å². The predicted molar refractivity (Wildman–Crippen MR) is 152 cm³/mol. The quantitative estimate of drug-likeness (QED) is 0.511. The highest BCUT2D eigenvalue weighted by Gasteiger charge is 2.43. The number of aryl methyl sites for hydroxylation is 1. The number of aromatic nitrogens is 1. The van der Waals surface area contributed by atoms with Crippen LogP contribution in [0.4, 0.5) is 0 Å². The van der Waals surface area contributed by atoms with Crippen LogP contribution in [0.5, 0.6) is 5.75 Å². The van der Waals surface area contributed by atoms with Crippen LogP contribution in [0, 0.1) is 12.3 Å². The van der Waals surface area contributed by atoms with Gasteiger partial charge in [0.2, 0.25) is 5.91 Å². The number of fused-ring (bicyclic) bond motifs is 1. The highest BCUT2D eigenvalue weighted by Crippen LogP contribution is 2.39. The SMILES string of the molecule is Cc1cc(C(=O)N2CCC3(CCCCNC(=O)c4ccccc4OCCN(C)C3=O)CC2)c(-n2cccc2)s1. The number of carbonyl (C=O) groups excluding carboxylic acids is 3. The standard InChI is InChI=1S/C30H36N4O4S/c1-22-21-24(28(39-22)34-15-7-8-16-34)27(36)33-17-12-30(13-18-33)11-5-6-14-31-26(35)23-9-3-4-10-25(23)38-20-19-32(2)29(30)37/h3-4,7-10,15-16,21H,5-6,11-14,17-20H2,1-2H3,(H,31,35). The van der Waals surface area contributed by atoms with Crippen LogP contribution in [0.2, 0.25) is 0 Å². The number of carbonyl (C=O) groups is 3. The Kier molecular flexibility index (Phi) is 8.07. The lowest BCUT2D eigenvalue weighted by Crippen LogP contribution is -2.51. The Morgan fingerprint density at radius 1 is 1.00 bits per heavy atom. The molecule has 206 valence electrons. The van der Waals surface area contributed by atoms with Crippen LogP contribution < -0.4 is 10.1 Å². The summed E-state index contributed by atoms with van der Waals surface area (Å²) < 4.78 is 7.92. The Morgan fingerprint density at radius 3 is 2.51 bits per heavy atom. The van der Waals surface area contributed by atoms with Crippen LogP contribution in [-0.4, -0.2) is 71.9 Å². The largest absolute Gasteiger partial charge is 0.491 e. The predicted octanol–water partition coefficient (Wildman–Crippen LogP) is 4.52. The molecular weight excluding hydrogens is 512 g/mol. The zero-order chi connectivity index (χ0) is 27.4. The number of para-hydroxylation sites is 1. The van der Waals surface area contributed by atoms with Gasteiger partial charge in [-0.15, -0.1) is 11.3 Å². The summed E-state index contributed by atoms with van der Waals surface area (Å²) in [4.78, 5) is 44.9. The highest BCUT2D eigenvalue weighted by molar-refractivity contribution is 7.14. The molecule has 1 N–H and O–H groups in total. The van der Waals surface area contributed by atoms with Gasteiger partial charge < -0.3 is 24.4 Å². The van der Waals surface area contributed by atoms with Gasteiger partial charge in [0.1, 0.15) is 17.4 Å². The van der Waals surface area contributed by atoms with Crippen molar-refractivity contribution in [2.45, 2.75) is 39.0 Å². The number of hydrogen-bond acceptors (Lipinski definition) is 5. The third-order valence-electron chi connectivity index (χ3n) is 7.90. The number of piperidine rings is 1. The summed E-state index contributed by atoms with van der Waals surface area (Å²) in [5.41, 5.74) is 0.704. The van der Waals surface area contributed by atoms with Crippen molar-refractivity contribution in [1.82, 2.24) is 19.7 Å². The number of nitrogens with zero attached hydrogens (tertiary/aromatic N) is 3. The molecule has 9 heteroatoms. The summed E-state index contributed by atoms with van der Waals surface area (Å²) in [5.74, 6) is 0.523. The van der Waals surface area contributed by atoms with Crippen LogP contribution in [0.15, 0.2) is 54.9 Å². The van der Waals surface area contributed by atoms with Gasteiger partial charge in [-0.3, -0.25) is 14.4 Å². The van der Waals surface area contributed by atoms with E-state index in [2.05, 4.69) is 5.32 Å². The van der Waals surface area contributed by atoms with E-state index in [1.807, 2.05) is 66.2 Å². The molecular formula is C30H36N4O4S. The molecule has 2 aliphatic heterocycles. The molecule has 2 aromatic heterocycles. The van der Waals surface area contributed by atoms with Gasteiger partial charge in [-0.25, -0.2) is 0 Å². The van der Waals surface area contributed by atoms with Gasteiger partial charge in [-0.2, -0.15) is 0 Å². The Balaban J connectivity index is 1.29. The normalized spacial score (nSPS) is 18.7. The summed E-state index contributed by atoms with van der Waals surface area (Å²) >= 11 is 1.61. The third-order valence-corrected chi connectivity index (χ3v) is 8.96. The molecule has 39 heavy (non-hydrogen) atoms. The number of thiophene rings is 1. The maximum Gasteiger partial charge on any atom is 0.256 e. The van der Waals surface area contributed by atoms with Crippen molar-refractivity contribution in [3.63, 3.8) is 0 Å². The molecule has 0 bridgehead atoms. The van der Waals surface area contributed by atoms with Gasteiger partial charge in [0, 0.05) is 44.0 Å². The number of amides is 3. The summed E-state index contributed by atoms with van der Waals surface area (Å²) in [6, 6.07) is 13.1. The number of likely N-dealkylation sites (tertiary alicyclic amines) is 1. The third kappa shape index (κ3) is 5.73. The van der Waals surface area contributed by atoms with Gasteiger partial charge >= 0.3 is 0 Å². The van der Waals surface area contributed by atoms with Gasteiger partial charge in [0.05, 0.1) is 23.1 Å². The summed E-state index contributed by atoms with van der Waals surface area (Å²) in [5, 5.41) is 3.93. The van der Waals surface area contributed by atoms with E-state index in [-0.39, 0.29) is 17.7 Å². The van der Waals surface area contributed by atoms with Crippen molar-refractivity contribution >= 4 is 29.1 Å². The average Bonchev–Trinajstić information content (AvgIpc) is 3.62. The summed E-state index contributed by atoms with van der Waals surface area (Å²) in [6.07, 6.45) is 7.51. The Bertz CT molecular complexity index is 1320. The maximum atomic E-state index is 13.8. The summed E-state index contributed by atoms with van der Waals surface area (Å²) in [7, 11) is 1.83. The Hall–Kier alpha value is -3.59. The molecule has 0 aliphatic carbocycles. The van der Waals surface area contributed by atoms with E-state index in [1.165, 1.54) is 0 Å². The van der Waals surface area contributed by atoms with Gasteiger partial charge in [0.25, 0.3) is 11.8 Å². The van der Waals surface area contributed by atoms with Crippen molar-refractivity contribution in [1.29, 1.82) is 0 Å². The van der Waals surface area contributed by atoms with Gasteiger partial charge in [-0.05, 0) is 62.9 Å². The lowest BCUT2D eigenvalue weighted by Gasteiger charge is -2.42. The van der Waals surface area contributed by atoms with Crippen molar-refractivity contribution in [2.24, 2.45) is 5.41 Å². The zero-order valence-electron chi connectivity index (χ0n) is 22.7. The van der Waals surface area contributed by atoms with E-state index in [4.69, 9.17) is 4.74 Å². The number of rotatable bonds is 2. The topological polar surface area (TPSA) is 83.9 Å². The molecule has 0 atom stereocenters. The molecule has 0 radical (unpaired) electrons. The number of nitrogens with one attached hydrogen (secondary N) is 1. The van der Waals surface area contributed by atoms with Crippen molar-refractivity contribution in [2.75, 3.05) is 39.8 Å². The first-order chi connectivity index (χ1) is 18.9. The molecule has 2 aliphatic rings. The number of likely N-dealkylation sites (N-methyl/N-ethyl adjacent to an activating group) is 1. The van der Waals surface area contributed by atoms with Crippen molar-refractivity contribution < 1.29 is 19.1 Å². The molecule has 1 spiro atoms. The second-order valence-electron chi connectivity index (χ2n) is 10.5. The molecule has 8 nitrogen and oxygen atoms in total. The average molecular weight is 549 g/mol. The van der Waals surface area contributed by atoms with Crippen LogP contribution in [-0.2, 0) is 4.79 Å². The van der Waals surface area contributed by atoms with Gasteiger partial charge in [-0.1, -0.05) is 18.6 Å². The number of hydrogen-bond donors (Lipinski definition) is 1. The van der Waals surface area contributed by atoms with E-state index in [0.29, 0.717) is 62.5 Å². The number of ether oxygens (including phenoxy) is 1. The smallest absolute Gasteiger partial charge is 0.256 e. The van der Waals surface area contributed by atoms with Crippen LogP contribution >= 0.6 is 11.3 Å². The minimum absolute atomic E-state index is 0.0226. The molecule has 0 unspecified atom stereocenters. The monoisotopic (exact) mass is 548 g/mol. The fourth-order valence-electron chi connectivity index (χ4n) is 5.66. The fourth-order valence-corrected chi connectivity index (χ4v) is 6.63.